The maximum Gasteiger partial charge on any atom is 0.256 e. The van der Waals surface area contributed by atoms with Crippen LogP contribution in [0.25, 0.3) is 0 Å². The zero-order valence-corrected chi connectivity index (χ0v) is 12.5. The van der Waals surface area contributed by atoms with Gasteiger partial charge in [0.05, 0.1) is 26.7 Å². The fourth-order valence-electron chi connectivity index (χ4n) is 2.47. The fraction of sp³-hybridized carbons (Fsp3) is 0.533. The molecule has 7 heteroatoms. The van der Waals surface area contributed by atoms with Crippen LogP contribution in [0.4, 0.5) is 8.78 Å². The van der Waals surface area contributed by atoms with Gasteiger partial charge >= 0.3 is 0 Å². The van der Waals surface area contributed by atoms with Crippen molar-refractivity contribution in [3.8, 4) is 11.5 Å². The van der Waals surface area contributed by atoms with Crippen LogP contribution in [0.1, 0.15) is 16.8 Å². The number of aliphatic hydroxyl groups excluding tert-OH is 1. The van der Waals surface area contributed by atoms with Crippen molar-refractivity contribution in [2.45, 2.75) is 12.3 Å². The number of aliphatic hydroxyl groups is 1. The zero-order valence-electron chi connectivity index (χ0n) is 12.5. The van der Waals surface area contributed by atoms with E-state index in [1.54, 1.807) is 6.07 Å². The van der Waals surface area contributed by atoms with Gasteiger partial charge in [-0.2, -0.15) is 0 Å². The molecule has 0 bridgehead atoms. The first-order valence-corrected chi connectivity index (χ1v) is 6.92. The maximum atomic E-state index is 13.6. The molecule has 0 aliphatic carbocycles. The third kappa shape index (κ3) is 3.30. The van der Waals surface area contributed by atoms with Gasteiger partial charge in [-0.05, 0) is 12.1 Å². The normalized spacial score (nSPS) is 20.6. The molecule has 22 heavy (non-hydrogen) atoms. The number of alkyl halides is 2. The number of hydrogen-bond acceptors (Lipinski definition) is 4. The average molecular weight is 315 g/mol. The van der Waals surface area contributed by atoms with Crippen LogP contribution < -0.4 is 9.47 Å². The molecule has 1 heterocycles. The lowest BCUT2D eigenvalue weighted by Crippen LogP contribution is -2.50. The van der Waals surface area contributed by atoms with E-state index in [9.17, 15) is 13.6 Å². The summed E-state index contributed by atoms with van der Waals surface area (Å²) in [7, 11) is 2.93. The van der Waals surface area contributed by atoms with Crippen molar-refractivity contribution in [3.05, 3.63) is 23.8 Å². The SMILES string of the molecule is COc1cc(OC)cc(C(=O)N2CCC(F)(F)C(CO)C2)c1. The van der Waals surface area contributed by atoms with Crippen LogP contribution in [0.5, 0.6) is 11.5 Å². The molecule has 1 aromatic carbocycles. The van der Waals surface area contributed by atoms with Crippen LogP contribution in [-0.2, 0) is 0 Å². The summed E-state index contributed by atoms with van der Waals surface area (Å²) in [6.07, 6.45) is -0.453. The van der Waals surface area contributed by atoms with Gasteiger partial charge in [0.1, 0.15) is 11.5 Å². The van der Waals surface area contributed by atoms with Gasteiger partial charge in [-0.3, -0.25) is 4.79 Å². The third-order valence-corrected chi connectivity index (χ3v) is 3.86. The number of benzene rings is 1. The second kappa shape index (κ2) is 6.48. The van der Waals surface area contributed by atoms with Crippen molar-refractivity contribution >= 4 is 5.91 Å². The minimum Gasteiger partial charge on any atom is -0.497 e. The quantitative estimate of drug-likeness (QED) is 0.920. The van der Waals surface area contributed by atoms with Crippen LogP contribution in [0.3, 0.4) is 0 Å². The Hall–Kier alpha value is -1.89. The van der Waals surface area contributed by atoms with Crippen LogP contribution in [0.2, 0.25) is 0 Å². The molecule has 1 fully saturated rings. The van der Waals surface area contributed by atoms with Gasteiger partial charge in [-0.25, -0.2) is 8.78 Å². The molecule has 1 amide bonds. The van der Waals surface area contributed by atoms with E-state index in [0.29, 0.717) is 17.1 Å². The number of hydrogen-bond donors (Lipinski definition) is 1. The van der Waals surface area contributed by atoms with Crippen LogP contribution >= 0.6 is 0 Å². The van der Waals surface area contributed by atoms with E-state index in [-0.39, 0.29) is 19.0 Å². The Bertz CT molecular complexity index is 528. The summed E-state index contributed by atoms with van der Waals surface area (Å²) in [6.45, 7) is -0.887. The van der Waals surface area contributed by atoms with E-state index in [1.165, 1.54) is 31.3 Å². The van der Waals surface area contributed by atoms with E-state index in [4.69, 9.17) is 14.6 Å². The van der Waals surface area contributed by atoms with Crippen molar-refractivity contribution in [3.63, 3.8) is 0 Å². The number of nitrogens with zero attached hydrogens (tertiary/aromatic N) is 1. The summed E-state index contributed by atoms with van der Waals surface area (Å²) in [5.41, 5.74) is 0.304. The molecular formula is C15H19F2NO4. The van der Waals surface area contributed by atoms with E-state index in [1.807, 2.05) is 0 Å². The van der Waals surface area contributed by atoms with Gasteiger partial charge in [-0.15, -0.1) is 0 Å². The largest absolute Gasteiger partial charge is 0.497 e. The summed E-state index contributed by atoms with van der Waals surface area (Å²) >= 11 is 0. The average Bonchev–Trinajstić information content (AvgIpc) is 2.53. The molecule has 2 rings (SSSR count). The number of carbonyl (C=O) groups is 1. The summed E-state index contributed by atoms with van der Waals surface area (Å²) in [6, 6.07) is 4.69. The Morgan fingerprint density at radius 3 is 2.41 bits per heavy atom. The molecule has 1 aliphatic heterocycles. The van der Waals surface area contributed by atoms with Gasteiger partial charge in [0.15, 0.2) is 0 Å². The van der Waals surface area contributed by atoms with E-state index in [2.05, 4.69) is 0 Å². The monoisotopic (exact) mass is 315 g/mol. The molecule has 0 radical (unpaired) electrons. The number of ether oxygens (including phenoxy) is 2. The molecule has 0 saturated carbocycles. The van der Waals surface area contributed by atoms with Gasteiger partial charge in [0.2, 0.25) is 0 Å². The molecule has 122 valence electrons. The van der Waals surface area contributed by atoms with Crippen molar-refractivity contribution in [2.75, 3.05) is 33.9 Å². The van der Waals surface area contributed by atoms with Crippen molar-refractivity contribution in [2.24, 2.45) is 5.92 Å². The Balaban J connectivity index is 2.21. The molecule has 1 unspecified atom stereocenters. The number of carbonyl (C=O) groups excluding carboxylic acids is 1. The summed E-state index contributed by atoms with van der Waals surface area (Å²) < 4.78 is 37.4. The van der Waals surface area contributed by atoms with Crippen molar-refractivity contribution in [1.29, 1.82) is 0 Å². The highest BCUT2D eigenvalue weighted by atomic mass is 19.3. The van der Waals surface area contributed by atoms with Crippen LogP contribution in [0.15, 0.2) is 18.2 Å². The lowest BCUT2D eigenvalue weighted by atomic mass is 9.94. The Labute approximate surface area is 127 Å². The first-order valence-electron chi connectivity index (χ1n) is 6.92. The topological polar surface area (TPSA) is 59.0 Å². The Morgan fingerprint density at radius 2 is 1.91 bits per heavy atom. The Kier molecular flexibility index (Phi) is 4.85. The van der Waals surface area contributed by atoms with E-state index < -0.39 is 24.9 Å². The highest BCUT2D eigenvalue weighted by molar-refractivity contribution is 5.95. The first kappa shape index (κ1) is 16.5. The first-order chi connectivity index (χ1) is 10.4. The predicted octanol–water partition coefficient (Wildman–Crippen LogP) is 1.79. The summed E-state index contributed by atoms with van der Waals surface area (Å²) in [5, 5.41) is 9.10. The summed E-state index contributed by atoms with van der Waals surface area (Å²) in [4.78, 5) is 13.8. The van der Waals surface area contributed by atoms with E-state index in [0.717, 1.165) is 0 Å². The molecule has 5 nitrogen and oxygen atoms in total. The van der Waals surface area contributed by atoms with Gasteiger partial charge in [-0.1, -0.05) is 0 Å². The second-order valence-corrected chi connectivity index (χ2v) is 5.24. The smallest absolute Gasteiger partial charge is 0.256 e. The lowest BCUT2D eigenvalue weighted by molar-refractivity contribution is -0.113. The highest BCUT2D eigenvalue weighted by Gasteiger charge is 2.44. The standard InChI is InChI=1S/C15H19F2NO4/c1-21-12-5-10(6-13(7-12)22-2)14(20)18-4-3-15(16,17)11(8-18)9-19/h5-7,11,19H,3-4,8-9H2,1-2H3. The number of amides is 1. The summed E-state index contributed by atoms with van der Waals surface area (Å²) in [5.74, 6) is -3.67. The van der Waals surface area contributed by atoms with Crippen LogP contribution in [0, 0.1) is 5.92 Å². The number of likely N-dealkylation sites (tertiary alicyclic amines) is 1. The molecular weight excluding hydrogens is 296 g/mol. The van der Waals surface area contributed by atoms with E-state index >= 15 is 0 Å². The predicted molar refractivity (Wildman–Crippen MR) is 75.6 cm³/mol. The van der Waals surface area contributed by atoms with Gasteiger partial charge < -0.3 is 19.5 Å². The number of methoxy groups -OCH3 is 2. The molecule has 1 N–H and O–H groups in total. The van der Waals surface area contributed by atoms with Gasteiger partial charge in [0, 0.05) is 31.1 Å². The maximum absolute atomic E-state index is 13.6. The molecule has 1 saturated heterocycles. The highest BCUT2D eigenvalue weighted by Crippen LogP contribution is 2.34. The lowest BCUT2D eigenvalue weighted by Gasteiger charge is -2.37. The molecule has 1 aliphatic rings. The van der Waals surface area contributed by atoms with Crippen LogP contribution in [-0.4, -0.2) is 55.8 Å². The Morgan fingerprint density at radius 1 is 1.32 bits per heavy atom. The van der Waals surface area contributed by atoms with Gasteiger partial charge in [0.25, 0.3) is 11.8 Å². The molecule has 1 atom stereocenters. The number of piperidine rings is 1. The zero-order chi connectivity index (χ0) is 16.3. The number of halogens is 2. The number of rotatable bonds is 4. The minimum absolute atomic E-state index is 0.0537. The molecule has 0 aromatic heterocycles. The second-order valence-electron chi connectivity index (χ2n) is 5.24. The third-order valence-electron chi connectivity index (χ3n) is 3.86. The molecule has 1 aromatic rings. The van der Waals surface area contributed by atoms with Crippen molar-refractivity contribution in [1.82, 2.24) is 4.90 Å². The molecule has 0 spiro atoms. The fourth-order valence-corrected chi connectivity index (χ4v) is 2.47. The van der Waals surface area contributed by atoms with Crippen molar-refractivity contribution < 1.29 is 28.2 Å². The minimum atomic E-state index is -2.95.